The highest BCUT2D eigenvalue weighted by Gasteiger charge is 2.42. The second kappa shape index (κ2) is 10.4. The van der Waals surface area contributed by atoms with Gasteiger partial charge in [0.25, 0.3) is 0 Å². The van der Waals surface area contributed by atoms with Crippen LogP contribution in [-0.2, 0) is 16.1 Å². The standard InChI is InChI=1S/C26H35N3O2/c1-2-25(30)29(24-11-7-4-8-12-24)22-26(13-19-31-20-14-26)28-17-15-27(16-18-28)21-23-9-5-3-6-10-23/h3-12H,2,13-22H2,1H3. The minimum Gasteiger partial charge on any atom is -0.381 e. The Morgan fingerprint density at radius 3 is 2.16 bits per heavy atom. The molecular formula is C26H35N3O2. The largest absolute Gasteiger partial charge is 0.381 e. The molecule has 0 saturated carbocycles. The maximum Gasteiger partial charge on any atom is 0.226 e. The van der Waals surface area contributed by atoms with Crippen molar-refractivity contribution >= 4 is 11.6 Å². The summed E-state index contributed by atoms with van der Waals surface area (Å²) < 4.78 is 5.75. The monoisotopic (exact) mass is 421 g/mol. The van der Waals surface area contributed by atoms with E-state index < -0.39 is 0 Å². The summed E-state index contributed by atoms with van der Waals surface area (Å²) in [6.45, 7) is 9.44. The lowest BCUT2D eigenvalue weighted by molar-refractivity contribution is -0.119. The van der Waals surface area contributed by atoms with Crippen molar-refractivity contribution in [2.45, 2.75) is 38.3 Å². The third-order valence-electron chi connectivity index (χ3n) is 6.84. The Morgan fingerprint density at radius 2 is 1.55 bits per heavy atom. The molecule has 2 aliphatic rings. The molecule has 0 atom stereocenters. The molecule has 31 heavy (non-hydrogen) atoms. The van der Waals surface area contributed by atoms with Gasteiger partial charge in [-0.2, -0.15) is 0 Å². The van der Waals surface area contributed by atoms with Gasteiger partial charge in [0.2, 0.25) is 5.91 Å². The molecule has 166 valence electrons. The fraction of sp³-hybridized carbons (Fsp3) is 0.500. The quantitative estimate of drug-likeness (QED) is 0.681. The first-order valence-electron chi connectivity index (χ1n) is 11.6. The molecule has 0 unspecified atom stereocenters. The molecule has 0 aliphatic carbocycles. The Morgan fingerprint density at radius 1 is 0.935 bits per heavy atom. The fourth-order valence-electron chi connectivity index (χ4n) is 4.96. The molecule has 2 aromatic rings. The number of hydrogen-bond donors (Lipinski definition) is 0. The number of anilines is 1. The Kier molecular flexibility index (Phi) is 7.38. The number of rotatable bonds is 7. The number of nitrogens with zero attached hydrogens (tertiary/aromatic N) is 3. The molecule has 2 saturated heterocycles. The van der Waals surface area contributed by atoms with Crippen LogP contribution in [0.1, 0.15) is 31.7 Å². The van der Waals surface area contributed by atoms with E-state index in [1.165, 1.54) is 5.56 Å². The average molecular weight is 422 g/mol. The summed E-state index contributed by atoms with van der Waals surface area (Å²) in [7, 11) is 0. The van der Waals surface area contributed by atoms with Crippen molar-refractivity contribution in [2.75, 3.05) is 50.8 Å². The molecule has 2 fully saturated rings. The molecule has 0 aromatic heterocycles. The predicted molar refractivity (Wildman–Crippen MR) is 125 cm³/mol. The van der Waals surface area contributed by atoms with Crippen LogP contribution in [0.4, 0.5) is 5.69 Å². The summed E-state index contributed by atoms with van der Waals surface area (Å²) in [5.74, 6) is 0.194. The van der Waals surface area contributed by atoms with Crippen LogP contribution in [0.2, 0.25) is 0 Å². The van der Waals surface area contributed by atoms with E-state index in [1.54, 1.807) is 0 Å². The van der Waals surface area contributed by atoms with Crippen molar-refractivity contribution in [1.82, 2.24) is 9.80 Å². The minimum absolute atomic E-state index is 0.0161. The lowest BCUT2D eigenvalue weighted by atomic mass is 9.86. The Balaban J connectivity index is 1.48. The van der Waals surface area contributed by atoms with Gasteiger partial charge in [-0.3, -0.25) is 14.6 Å². The summed E-state index contributed by atoms with van der Waals surface area (Å²) in [5.41, 5.74) is 2.36. The zero-order chi connectivity index (χ0) is 21.5. The molecule has 0 N–H and O–H groups in total. The highest BCUT2D eigenvalue weighted by atomic mass is 16.5. The van der Waals surface area contributed by atoms with Crippen molar-refractivity contribution in [2.24, 2.45) is 0 Å². The van der Waals surface area contributed by atoms with E-state index in [4.69, 9.17) is 4.74 Å². The maximum atomic E-state index is 12.9. The smallest absolute Gasteiger partial charge is 0.226 e. The van der Waals surface area contributed by atoms with Crippen molar-refractivity contribution < 1.29 is 9.53 Å². The third-order valence-corrected chi connectivity index (χ3v) is 6.84. The van der Waals surface area contributed by atoms with Gasteiger partial charge < -0.3 is 9.64 Å². The van der Waals surface area contributed by atoms with E-state index in [-0.39, 0.29) is 11.4 Å². The fourth-order valence-corrected chi connectivity index (χ4v) is 4.96. The van der Waals surface area contributed by atoms with Crippen LogP contribution in [0, 0.1) is 0 Å². The first kappa shape index (κ1) is 22.0. The number of carbonyl (C=O) groups is 1. The van der Waals surface area contributed by atoms with E-state index in [9.17, 15) is 4.79 Å². The molecular weight excluding hydrogens is 386 g/mol. The second-order valence-electron chi connectivity index (χ2n) is 8.75. The summed E-state index contributed by atoms with van der Waals surface area (Å²) in [4.78, 5) is 20.1. The number of carbonyl (C=O) groups excluding carboxylic acids is 1. The molecule has 2 heterocycles. The number of ether oxygens (including phenoxy) is 1. The van der Waals surface area contributed by atoms with Crippen molar-refractivity contribution in [3.8, 4) is 0 Å². The van der Waals surface area contributed by atoms with E-state index in [2.05, 4.69) is 52.3 Å². The van der Waals surface area contributed by atoms with Gasteiger partial charge in [-0.25, -0.2) is 0 Å². The molecule has 5 heteroatoms. The molecule has 5 nitrogen and oxygen atoms in total. The van der Waals surface area contributed by atoms with Crippen molar-refractivity contribution in [3.63, 3.8) is 0 Å². The van der Waals surface area contributed by atoms with Crippen LogP contribution in [0.25, 0.3) is 0 Å². The third kappa shape index (κ3) is 5.35. The molecule has 2 aromatic carbocycles. The molecule has 0 radical (unpaired) electrons. The van der Waals surface area contributed by atoms with Crippen LogP contribution in [0.3, 0.4) is 0 Å². The van der Waals surface area contributed by atoms with Crippen molar-refractivity contribution in [3.05, 3.63) is 66.2 Å². The topological polar surface area (TPSA) is 36.0 Å². The van der Waals surface area contributed by atoms with Crippen molar-refractivity contribution in [1.29, 1.82) is 0 Å². The zero-order valence-electron chi connectivity index (χ0n) is 18.7. The zero-order valence-corrected chi connectivity index (χ0v) is 18.7. The Bertz CT molecular complexity index is 813. The average Bonchev–Trinajstić information content (AvgIpc) is 2.84. The van der Waals surface area contributed by atoms with Gasteiger partial charge >= 0.3 is 0 Å². The Labute approximate surface area is 186 Å². The van der Waals surface area contributed by atoms with Gasteiger partial charge in [0.15, 0.2) is 0 Å². The predicted octanol–water partition coefficient (Wildman–Crippen LogP) is 3.80. The first-order chi connectivity index (χ1) is 15.2. The number of piperazine rings is 1. The molecule has 0 spiro atoms. The van der Waals surface area contributed by atoms with Gasteiger partial charge in [0, 0.05) is 70.1 Å². The van der Waals surface area contributed by atoms with Crippen LogP contribution < -0.4 is 4.90 Å². The number of amides is 1. The normalized spacial score (nSPS) is 19.8. The van der Waals surface area contributed by atoms with Gasteiger partial charge in [-0.05, 0) is 30.5 Å². The summed E-state index contributed by atoms with van der Waals surface area (Å²) in [5, 5.41) is 0. The van der Waals surface area contributed by atoms with E-state index in [1.807, 2.05) is 30.0 Å². The molecule has 2 aliphatic heterocycles. The highest BCUT2D eigenvalue weighted by molar-refractivity contribution is 5.93. The summed E-state index contributed by atoms with van der Waals surface area (Å²) >= 11 is 0. The van der Waals surface area contributed by atoms with Crippen LogP contribution in [0.5, 0.6) is 0 Å². The van der Waals surface area contributed by atoms with E-state index in [0.717, 1.165) is 71.0 Å². The van der Waals surface area contributed by atoms with Gasteiger partial charge in [0.1, 0.15) is 0 Å². The molecule has 0 bridgehead atoms. The highest BCUT2D eigenvalue weighted by Crippen LogP contribution is 2.32. The minimum atomic E-state index is -0.0161. The molecule has 4 rings (SSSR count). The molecule has 1 amide bonds. The number of benzene rings is 2. The van der Waals surface area contributed by atoms with Crippen LogP contribution >= 0.6 is 0 Å². The SMILES string of the molecule is CCC(=O)N(CC1(N2CCN(Cc3ccccc3)CC2)CCOCC1)c1ccccc1. The van der Waals surface area contributed by atoms with Crippen LogP contribution in [-0.4, -0.2) is 67.2 Å². The van der Waals surface area contributed by atoms with Gasteiger partial charge in [0.05, 0.1) is 0 Å². The Hall–Kier alpha value is -2.21. The number of para-hydroxylation sites is 1. The second-order valence-corrected chi connectivity index (χ2v) is 8.75. The summed E-state index contributed by atoms with van der Waals surface area (Å²) in [6, 6.07) is 20.9. The summed E-state index contributed by atoms with van der Waals surface area (Å²) in [6.07, 6.45) is 2.48. The van der Waals surface area contributed by atoms with E-state index >= 15 is 0 Å². The first-order valence-corrected chi connectivity index (χ1v) is 11.6. The van der Waals surface area contributed by atoms with Gasteiger partial charge in [-0.15, -0.1) is 0 Å². The lowest BCUT2D eigenvalue weighted by Gasteiger charge is -2.51. The van der Waals surface area contributed by atoms with E-state index in [0.29, 0.717) is 6.42 Å². The van der Waals surface area contributed by atoms with Gasteiger partial charge in [-0.1, -0.05) is 55.5 Å². The maximum absolute atomic E-state index is 12.9. The lowest BCUT2D eigenvalue weighted by Crippen LogP contribution is -2.63. The van der Waals surface area contributed by atoms with Crippen LogP contribution in [0.15, 0.2) is 60.7 Å². The number of hydrogen-bond acceptors (Lipinski definition) is 4.